The smallest absolute Gasteiger partial charge is 0.234 e. The van der Waals surface area contributed by atoms with Crippen LogP contribution in [0.1, 0.15) is 0 Å². The minimum Gasteiger partial charge on any atom is -0.493 e. The number of ether oxygens (including phenoxy) is 2. The van der Waals surface area contributed by atoms with Crippen molar-refractivity contribution in [2.45, 2.75) is 5.16 Å². The number of amides is 1. The fourth-order valence-corrected chi connectivity index (χ4v) is 2.88. The molecular weight excluding hydrogens is 352 g/mol. The number of anilines is 1. The van der Waals surface area contributed by atoms with Crippen LogP contribution in [0, 0.1) is 0 Å². The maximum absolute atomic E-state index is 12.1. The molecule has 3 aromatic rings. The minimum atomic E-state index is -0.159. The molecule has 0 fully saturated rings. The average molecular weight is 370 g/mol. The highest BCUT2D eigenvalue weighted by Crippen LogP contribution is 2.29. The van der Waals surface area contributed by atoms with Gasteiger partial charge in [0.05, 0.1) is 20.0 Å². The average Bonchev–Trinajstić information content (AvgIpc) is 3.16. The van der Waals surface area contributed by atoms with Crippen molar-refractivity contribution in [3.05, 3.63) is 48.5 Å². The standard InChI is InChI=1S/C18H18N4O3S/c1-24-14-9-8-13(10-15(14)25-2)19-16(23)11-26-18-20-17(21-22-18)12-6-4-3-5-7-12/h3-10H,11H2,1-2H3,(H,19,23)(H,20,21,22). The molecule has 26 heavy (non-hydrogen) atoms. The number of aromatic amines is 1. The molecule has 0 saturated carbocycles. The van der Waals surface area contributed by atoms with Gasteiger partial charge in [-0.2, -0.15) is 0 Å². The molecular formula is C18H18N4O3S. The Morgan fingerprint density at radius 2 is 1.88 bits per heavy atom. The maximum atomic E-state index is 12.1. The molecule has 0 aliphatic carbocycles. The van der Waals surface area contributed by atoms with Crippen molar-refractivity contribution in [1.82, 2.24) is 15.2 Å². The van der Waals surface area contributed by atoms with Gasteiger partial charge in [0.25, 0.3) is 0 Å². The number of benzene rings is 2. The van der Waals surface area contributed by atoms with Crippen molar-refractivity contribution in [2.24, 2.45) is 0 Å². The molecule has 3 rings (SSSR count). The number of aromatic nitrogens is 3. The predicted octanol–water partition coefficient (Wildman–Crippen LogP) is 3.22. The number of carbonyl (C=O) groups is 1. The molecule has 7 nitrogen and oxygen atoms in total. The fourth-order valence-electron chi connectivity index (χ4n) is 2.28. The van der Waals surface area contributed by atoms with Crippen LogP contribution in [0.15, 0.2) is 53.7 Å². The number of methoxy groups -OCH3 is 2. The van der Waals surface area contributed by atoms with Gasteiger partial charge in [0.1, 0.15) is 0 Å². The zero-order valence-corrected chi connectivity index (χ0v) is 15.2. The number of nitrogens with one attached hydrogen (secondary N) is 2. The first-order valence-corrected chi connectivity index (χ1v) is 8.80. The van der Waals surface area contributed by atoms with Crippen LogP contribution in [0.4, 0.5) is 5.69 Å². The molecule has 0 bridgehead atoms. The summed E-state index contributed by atoms with van der Waals surface area (Å²) in [4.78, 5) is 16.5. The Hall–Kier alpha value is -3.00. The molecule has 0 aliphatic rings. The second kappa shape index (κ2) is 8.39. The van der Waals surface area contributed by atoms with E-state index in [0.717, 1.165) is 5.56 Å². The lowest BCUT2D eigenvalue weighted by Crippen LogP contribution is -2.14. The summed E-state index contributed by atoms with van der Waals surface area (Å²) in [5.74, 6) is 1.87. The number of carbonyl (C=O) groups excluding carboxylic acids is 1. The molecule has 0 unspecified atom stereocenters. The van der Waals surface area contributed by atoms with Gasteiger partial charge in [-0.3, -0.25) is 9.89 Å². The first-order chi connectivity index (χ1) is 12.7. The Bertz CT molecular complexity index is 883. The van der Waals surface area contributed by atoms with Gasteiger partial charge in [-0.05, 0) is 12.1 Å². The molecule has 1 amide bonds. The van der Waals surface area contributed by atoms with Gasteiger partial charge in [0.15, 0.2) is 17.3 Å². The third kappa shape index (κ3) is 4.34. The van der Waals surface area contributed by atoms with Crippen molar-refractivity contribution in [3.63, 3.8) is 0 Å². The van der Waals surface area contributed by atoms with Crippen LogP contribution in [0.3, 0.4) is 0 Å². The largest absolute Gasteiger partial charge is 0.493 e. The van der Waals surface area contributed by atoms with Crippen molar-refractivity contribution < 1.29 is 14.3 Å². The topological polar surface area (TPSA) is 89.1 Å². The van der Waals surface area contributed by atoms with Crippen LogP contribution in [-0.4, -0.2) is 41.1 Å². The Morgan fingerprint density at radius 3 is 2.62 bits per heavy atom. The SMILES string of the molecule is COc1ccc(NC(=O)CSc2n[nH]c(-c3ccccc3)n2)cc1OC. The van der Waals surface area contributed by atoms with Gasteiger partial charge in [-0.25, -0.2) is 4.98 Å². The number of hydrogen-bond donors (Lipinski definition) is 2. The fraction of sp³-hybridized carbons (Fsp3) is 0.167. The summed E-state index contributed by atoms with van der Waals surface area (Å²) in [6.07, 6.45) is 0. The number of hydrogen-bond acceptors (Lipinski definition) is 6. The van der Waals surface area contributed by atoms with Crippen molar-refractivity contribution in [3.8, 4) is 22.9 Å². The number of thioether (sulfide) groups is 1. The summed E-state index contributed by atoms with van der Waals surface area (Å²) in [5.41, 5.74) is 1.58. The first-order valence-electron chi connectivity index (χ1n) is 7.82. The van der Waals surface area contributed by atoms with Gasteiger partial charge < -0.3 is 14.8 Å². The molecule has 0 aliphatic heterocycles. The highest BCUT2D eigenvalue weighted by atomic mass is 32.2. The quantitative estimate of drug-likeness (QED) is 0.621. The van der Waals surface area contributed by atoms with Gasteiger partial charge in [0.2, 0.25) is 11.1 Å². The normalized spacial score (nSPS) is 10.4. The van der Waals surface area contributed by atoms with Crippen LogP contribution in [0.5, 0.6) is 11.5 Å². The second-order valence-electron chi connectivity index (χ2n) is 5.24. The van der Waals surface area contributed by atoms with E-state index < -0.39 is 0 Å². The van der Waals surface area contributed by atoms with Crippen molar-refractivity contribution in [1.29, 1.82) is 0 Å². The van der Waals surface area contributed by atoms with E-state index in [1.54, 1.807) is 32.4 Å². The van der Waals surface area contributed by atoms with E-state index in [1.165, 1.54) is 11.8 Å². The summed E-state index contributed by atoms with van der Waals surface area (Å²) in [6, 6.07) is 14.9. The Balaban J connectivity index is 1.57. The van der Waals surface area contributed by atoms with E-state index in [1.807, 2.05) is 30.3 Å². The van der Waals surface area contributed by atoms with Crippen LogP contribution >= 0.6 is 11.8 Å². The zero-order chi connectivity index (χ0) is 18.4. The molecule has 0 saturated heterocycles. The Kier molecular flexibility index (Phi) is 5.75. The third-order valence-electron chi connectivity index (χ3n) is 3.51. The van der Waals surface area contributed by atoms with E-state index in [2.05, 4.69) is 20.5 Å². The van der Waals surface area contributed by atoms with Crippen molar-refractivity contribution >= 4 is 23.4 Å². The summed E-state index contributed by atoms with van der Waals surface area (Å²) >= 11 is 1.26. The molecule has 1 heterocycles. The van der Waals surface area contributed by atoms with Crippen LogP contribution in [0.2, 0.25) is 0 Å². The lowest BCUT2D eigenvalue weighted by atomic mass is 10.2. The molecule has 8 heteroatoms. The van der Waals surface area contributed by atoms with Gasteiger partial charge in [-0.15, -0.1) is 5.10 Å². The summed E-state index contributed by atoms with van der Waals surface area (Å²) < 4.78 is 10.4. The van der Waals surface area contributed by atoms with Gasteiger partial charge in [0, 0.05) is 17.3 Å². The van der Waals surface area contributed by atoms with E-state index in [9.17, 15) is 4.79 Å². The first kappa shape index (κ1) is 17.8. The highest BCUT2D eigenvalue weighted by Gasteiger charge is 2.10. The van der Waals surface area contributed by atoms with Gasteiger partial charge in [-0.1, -0.05) is 42.1 Å². The monoisotopic (exact) mass is 370 g/mol. The number of nitrogens with zero attached hydrogens (tertiary/aromatic N) is 2. The Labute approximate surface area is 155 Å². The van der Waals surface area contributed by atoms with Crippen LogP contribution in [-0.2, 0) is 4.79 Å². The molecule has 2 N–H and O–H groups in total. The summed E-state index contributed by atoms with van der Waals surface area (Å²) in [6.45, 7) is 0. The van der Waals surface area contributed by atoms with Crippen LogP contribution < -0.4 is 14.8 Å². The second-order valence-corrected chi connectivity index (χ2v) is 6.18. The lowest BCUT2D eigenvalue weighted by molar-refractivity contribution is -0.113. The predicted molar refractivity (Wildman–Crippen MR) is 101 cm³/mol. The minimum absolute atomic E-state index is 0.159. The molecule has 0 spiro atoms. The lowest BCUT2D eigenvalue weighted by Gasteiger charge is -2.10. The maximum Gasteiger partial charge on any atom is 0.234 e. The summed E-state index contributed by atoms with van der Waals surface area (Å²) in [7, 11) is 3.11. The number of rotatable bonds is 7. The van der Waals surface area contributed by atoms with E-state index >= 15 is 0 Å². The van der Waals surface area contributed by atoms with Crippen molar-refractivity contribution in [2.75, 3.05) is 25.3 Å². The molecule has 1 aromatic heterocycles. The van der Waals surface area contributed by atoms with Gasteiger partial charge >= 0.3 is 0 Å². The highest BCUT2D eigenvalue weighted by molar-refractivity contribution is 7.99. The van der Waals surface area contributed by atoms with E-state index in [4.69, 9.17) is 9.47 Å². The molecule has 134 valence electrons. The number of H-pyrrole nitrogens is 1. The zero-order valence-electron chi connectivity index (χ0n) is 14.4. The summed E-state index contributed by atoms with van der Waals surface area (Å²) in [5, 5.41) is 10.3. The molecule has 0 atom stereocenters. The third-order valence-corrected chi connectivity index (χ3v) is 4.36. The Morgan fingerprint density at radius 1 is 1.12 bits per heavy atom. The molecule has 0 radical (unpaired) electrons. The van der Waals surface area contributed by atoms with Crippen LogP contribution in [0.25, 0.3) is 11.4 Å². The van der Waals surface area contributed by atoms with E-state index in [-0.39, 0.29) is 11.7 Å². The van der Waals surface area contributed by atoms with E-state index in [0.29, 0.717) is 28.2 Å². The molecule has 2 aromatic carbocycles.